The second kappa shape index (κ2) is 4.84. The maximum absolute atomic E-state index is 11.2. The first kappa shape index (κ1) is 11.4. The Kier molecular flexibility index (Phi) is 3.25. The van der Waals surface area contributed by atoms with Crippen molar-refractivity contribution < 1.29 is 14.7 Å². The molecule has 4 heteroatoms. The Morgan fingerprint density at radius 2 is 1.94 bits per heavy atom. The molecule has 0 saturated heterocycles. The van der Waals surface area contributed by atoms with Gasteiger partial charge in [0.2, 0.25) is 0 Å². The number of ether oxygens (including phenoxy) is 1. The van der Waals surface area contributed by atoms with Gasteiger partial charge >= 0.3 is 0 Å². The molecule has 0 heterocycles. The van der Waals surface area contributed by atoms with Crippen LogP contribution in [-0.2, 0) is 4.79 Å². The minimum absolute atomic E-state index is 0.571. The van der Waals surface area contributed by atoms with Crippen LogP contribution in [0.1, 0.15) is 6.92 Å². The Labute approximate surface area is 98.8 Å². The van der Waals surface area contributed by atoms with Crippen molar-refractivity contribution in [3.8, 4) is 5.75 Å². The van der Waals surface area contributed by atoms with Gasteiger partial charge in [-0.05, 0) is 18.4 Å². The van der Waals surface area contributed by atoms with E-state index in [0.29, 0.717) is 5.75 Å². The van der Waals surface area contributed by atoms with E-state index < -0.39 is 12.0 Å². The molecular weight excluding hydrogens is 218 g/mol. The highest BCUT2D eigenvalue weighted by Crippen LogP contribution is 2.25. The minimum Gasteiger partial charge on any atom is -0.480 e. The van der Waals surface area contributed by atoms with Crippen molar-refractivity contribution in [2.45, 2.75) is 13.0 Å². The van der Waals surface area contributed by atoms with Crippen LogP contribution in [-0.4, -0.2) is 17.2 Å². The lowest BCUT2D eigenvalue weighted by Crippen LogP contribution is -2.34. The van der Waals surface area contributed by atoms with E-state index in [9.17, 15) is 4.79 Å². The average Bonchev–Trinajstić information content (AvgIpc) is 2.38. The maximum Gasteiger partial charge on any atom is 0.284 e. The van der Waals surface area contributed by atoms with Crippen molar-refractivity contribution in [1.29, 1.82) is 0 Å². The summed E-state index contributed by atoms with van der Waals surface area (Å²) in [5.41, 5.74) is 1.57. The minimum atomic E-state index is -0.745. The number of hydroxylamine groups is 1. The average molecular weight is 231 g/mol. The Morgan fingerprint density at radius 3 is 2.71 bits per heavy atom. The molecule has 0 saturated carbocycles. The molecule has 1 unspecified atom stereocenters. The fourth-order valence-electron chi connectivity index (χ4n) is 1.63. The van der Waals surface area contributed by atoms with Crippen LogP contribution in [0.25, 0.3) is 10.8 Å². The third-order valence-corrected chi connectivity index (χ3v) is 2.53. The molecule has 1 amide bonds. The summed E-state index contributed by atoms with van der Waals surface area (Å²) < 4.78 is 5.51. The SMILES string of the molecule is CC(Oc1cccc2ccccc12)C(=O)NO. The summed E-state index contributed by atoms with van der Waals surface area (Å²) >= 11 is 0. The Balaban J connectivity index is 2.33. The van der Waals surface area contributed by atoms with Crippen molar-refractivity contribution >= 4 is 16.7 Å². The molecule has 2 rings (SSSR count). The molecule has 0 radical (unpaired) electrons. The second-order valence-electron chi connectivity index (χ2n) is 3.71. The highest BCUT2D eigenvalue weighted by atomic mass is 16.5. The van der Waals surface area contributed by atoms with Crippen LogP contribution in [0.4, 0.5) is 0 Å². The molecule has 0 bridgehead atoms. The molecular formula is C13H13NO3. The van der Waals surface area contributed by atoms with Crippen molar-refractivity contribution in [2.24, 2.45) is 0 Å². The number of hydrogen-bond donors (Lipinski definition) is 2. The first-order chi connectivity index (χ1) is 8.22. The van der Waals surface area contributed by atoms with E-state index in [-0.39, 0.29) is 0 Å². The van der Waals surface area contributed by atoms with Crippen molar-refractivity contribution in [3.63, 3.8) is 0 Å². The standard InChI is InChI=1S/C13H13NO3/c1-9(13(15)14-16)17-12-8-4-6-10-5-2-3-7-11(10)12/h2-9,16H,1H3,(H,14,15). The van der Waals surface area contributed by atoms with E-state index in [1.54, 1.807) is 18.5 Å². The van der Waals surface area contributed by atoms with Crippen LogP contribution in [0.2, 0.25) is 0 Å². The summed E-state index contributed by atoms with van der Waals surface area (Å²) in [5.74, 6) is 0.0529. The molecule has 2 aromatic carbocycles. The van der Waals surface area contributed by atoms with Gasteiger partial charge in [-0.25, -0.2) is 5.48 Å². The summed E-state index contributed by atoms with van der Waals surface area (Å²) in [6, 6.07) is 13.4. The number of hydrogen-bond acceptors (Lipinski definition) is 3. The van der Waals surface area contributed by atoms with Gasteiger partial charge < -0.3 is 4.74 Å². The maximum atomic E-state index is 11.2. The predicted molar refractivity (Wildman–Crippen MR) is 64.0 cm³/mol. The first-order valence-corrected chi connectivity index (χ1v) is 5.30. The summed E-state index contributed by atoms with van der Waals surface area (Å²) in [5, 5.41) is 10.5. The lowest BCUT2D eigenvalue weighted by Gasteiger charge is -2.14. The largest absolute Gasteiger partial charge is 0.480 e. The summed E-state index contributed by atoms with van der Waals surface area (Å²) in [6.45, 7) is 1.58. The van der Waals surface area contributed by atoms with Crippen molar-refractivity contribution in [2.75, 3.05) is 0 Å². The van der Waals surface area contributed by atoms with Crippen LogP contribution in [0.5, 0.6) is 5.75 Å². The molecule has 17 heavy (non-hydrogen) atoms. The molecule has 4 nitrogen and oxygen atoms in total. The molecule has 0 aromatic heterocycles. The molecule has 0 aliphatic heterocycles. The third kappa shape index (κ3) is 2.37. The van der Waals surface area contributed by atoms with E-state index in [4.69, 9.17) is 9.94 Å². The molecule has 0 fully saturated rings. The number of rotatable bonds is 3. The van der Waals surface area contributed by atoms with Crippen molar-refractivity contribution in [3.05, 3.63) is 42.5 Å². The van der Waals surface area contributed by atoms with Crippen LogP contribution < -0.4 is 10.2 Å². The second-order valence-corrected chi connectivity index (χ2v) is 3.71. The molecule has 1 atom stereocenters. The number of fused-ring (bicyclic) bond motifs is 1. The summed E-state index contributed by atoms with van der Waals surface area (Å²) in [7, 11) is 0. The van der Waals surface area contributed by atoms with E-state index >= 15 is 0 Å². The topological polar surface area (TPSA) is 58.6 Å². The van der Waals surface area contributed by atoms with Gasteiger partial charge in [-0.1, -0.05) is 36.4 Å². The number of carbonyl (C=O) groups excluding carboxylic acids is 1. The number of carbonyl (C=O) groups is 1. The monoisotopic (exact) mass is 231 g/mol. The normalized spacial score (nSPS) is 12.1. The van der Waals surface area contributed by atoms with E-state index in [1.807, 2.05) is 36.4 Å². The quantitative estimate of drug-likeness (QED) is 0.628. The third-order valence-electron chi connectivity index (χ3n) is 2.53. The smallest absolute Gasteiger partial charge is 0.284 e. The zero-order valence-corrected chi connectivity index (χ0v) is 9.38. The number of benzene rings is 2. The van der Waals surface area contributed by atoms with Crippen LogP contribution in [0.3, 0.4) is 0 Å². The fourth-order valence-corrected chi connectivity index (χ4v) is 1.63. The summed E-state index contributed by atoms with van der Waals surface area (Å²) in [4.78, 5) is 11.2. The van der Waals surface area contributed by atoms with Crippen LogP contribution in [0.15, 0.2) is 42.5 Å². The molecule has 2 aromatic rings. The van der Waals surface area contributed by atoms with Gasteiger partial charge in [-0.2, -0.15) is 0 Å². The Bertz CT molecular complexity index is 534. The van der Waals surface area contributed by atoms with Gasteiger partial charge in [0.25, 0.3) is 5.91 Å². The molecule has 0 aliphatic carbocycles. The van der Waals surface area contributed by atoms with E-state index in [2.05, 4.69) is 0 Å². The highest BCUT2D eigenvalue weighted by molar-refractivity contribution is 5.88. The van der Waals surface area contributed by atoms with Gasteiger partial charge in [-0.3, -0.25) is 10.0 Å². The predicted octanol–water partition coefficient (Wildman–Crippen LogP) is 2.11. The lowest BCUT2D eigenvalue weighted by molar-refractivity contribution is -0.135. The summed E-state index contributed by atoms with van der Waals surface area (Å²) in [6.07, 6.45) is -0.745. The Hall–Kier alpha value is -2.07. The van der Waals surface area contributed by atoms with Crippen LogP contribution in [0, 0.1) is 0 Å². The van der Waals surface area contributed by atoms with Gasteiger partial charge in [0.05, 0.1) is 0 Å². The lowest BCUT2D eigenvalue weighted by atomic mass is 10.1. The van der Waals surface area contributed by atoms with Gasteiger partial charge in [0, 0.05) is 5.39 Å². The zero-order valence-electron chi connectivity index (χ0n) is 9.38. The van der Waals surface area contributed by atoms with Crippen LogP contribution >= 0.6 is 0 Å². The first-order valence-electron chi connectivity index (χ1n) is 5.30. The van der Waals surface area contributed by atoms with E-state index in [0.717, 1.165) is 10.8 Å². The molecule has 0 spiro atoms. The van der Waals surface area contributed by atoms with E-state index in [1.165, 1.54) is 0 Å². The molecule has 2 N–H and O–H groups in total. The highest BCUT2D eigenvalue weighted by Gasteiger charge is 2.14. The fraction of sp³-hybridized carbons (Fsp3) is 0.154. The van der Waals surface area contributed by atoms with Gasteiger partial charge in [0.1, 0.15) is 5.75 Å². The molecule has 88 valence electrons. The van der Waals surface area contributed by atoms with Gasteiger partial charge in [-0.15, -0.1) is 0 Å². The molecule has 0 aliphatic rings. The van der Waals surface area contributed by atoms with Crippen molar-refractivity contribution in [1.82, 2.24) is 5.48 Å². The van der Waals surface area contributed by atoms with Gasteiger partial charge in [0.15, 0.2) is 6.10 Å². The number of amides is 1. The number of nitrogens with one attached hydrogen (secondary N) is 1. The zero-order chi connectivity index (χ0) is 12.3. The Morgan fingerprint density at radius 1 is 1.24 bits per heavy atom.